The Morgan fingerprint density at radius 2 is 2.12 bits per heavy atom. The molecule has 1 aliphatic rings. The minimum absolute atomic E-state index is 0.497. The summed E-state index contributed by atoms with van der Waals surface area (Å²) in [6, 6.07) is 6.05. The minimum atomic E-state index is 0.497. The van der Waals surface area contributed by atoms with E-state index in [4.69, 9.17) is 15.2 Å². The molecule has 0 atom stereocenters. The third kappa shape index (κ3) is 2.13. The number of morpholine rings is 1. The molecule has 4 nitrogen and oxygen atoms in total. The zero-order chi connectivity index (χ0) is 11.4. The summed E-state index contributed by atoms with van der Waals surface area (Å²) >= 11 is 0. The molecule has 2 rings (SSSR count). The van der Waals surface area contributed by atoms with Gasteiger partial charge in [0.05, 0.1) is 20.3 Å². The van der Waals surface area contributed by atoms with Crippen LogP contribution in [0.25, 0.3) is 0 Å². The van der Waals surface area contributed by atoms with E-state index in [0.29, 0.717) is 6.54 Å². The molecule has 0 saturated carbocycles. The Labute approximate surface area is 95.9 Å². The number of nitrogens with two attached hydrogens (primary N) is 1. The second-order valence-corrected chi connectivity index (χ2v) is 3.76. The number of hydrogen-bond acceptors (Lipinski definition) is 4. The number of benzene rings is 1. The SMILES string of the molecule is COc1cccc(N2CCOCC2)c1CN. The fourth-order valence-corrected chi connectivity index (χ4v) is 2.05. The molecule has 0 bridgehead atoms. The van der Waals surface area contributed by atoms with Crippen LogP contribution in [0.3, 0.4) is 0 Å². The van der Waals surface area contributed by atoms with Crippen molar-refractivity contribution in [2.24, 2.45) is 5.73 Å². The molecule has 0 unspecified atom stereocenters. The number of anilines is 1. The molecule has 1 heterocycles. The molecule has 0 spiro atoms. The van der Waals surface area contributed by atoms with Crippen LogP contribution in [0.15, 0.2) is 18.2 Å². The van der Waals surface area contributed by atoms with Gasteiger partial charge >= 0.3 is 0 Å². The van der Waals surface area contributed by atoms with Crippen molar-refractivity contribution in [1.29, 1.82) is 0 Å². The van der Waals surface area contributed by atoms with Crippen LogP contribution < -0.4 is 15.4 Å². The van der Waals surface area contributed by atoms with E-state index in [1.165, 1.54) is 5.69 Å². The Bertz CT molecular complexity index is 349. The van der Waals surface area contributed by atoms with Crippen molar-refractivity contribution >= 4 is 5.69 Å². The van der Waals surface area contributed by atoms with Gasteiger partial charge in [0.1, 0.15) is 5.75 Å². The summed E-state index contributed by atoms with van der Waals surface area (Å²) in [5, 5.41) is 0. The first-order valence-electron chi connectivity index (χ1n) is 5.55. The highest BCUT2D eigenvalue weighted by Gasteiger charge is 2.16. The maximum Gasteiger partial charge on any atom is 0.125 e. The van der Waals surface area contributed by atoms with Crippen LogP contribution in [0.1, 0.15) is 5.56 Å². The molecule has 88 valence electrons. The molecule has 0 aliphatic carbocycles. The first kappa shape index (κ1) is 11.2. The molecule has 0 radical (unpaired) electrons. The van der Waals surface area contributed by atoms with Crippen molar-refractivity contribution in [1.82, 2.24) is 0 Å². The molecule has 1 aromatic rings. The molecule has 1 saturated heterocycles. The number of ether oxygens (including phenoxy) is 2. The topological polar surface area (TPSA) is 47.7 Å². The summed E-state index contributed by atoms with van der Waals surface area (Å²) in [7, 11) is 1.68. The Morgan fingerprint density at radius 3 is 2.75 bits per heavy atom. The Kier molecular flexibility index (Phi) is 3.64. The largest absolute Gasteiger partial charge is 0.496 e. The van der Waals surface area contributed by atoms with Crippen LogP contribution >= 0.6 is 0 Å². The lowest BCUT2D eigenvalue weighted by Crippen LogP contribution is -2.37. The second kappa shape index (κ2) is 5.18. The van der Waals surface area contributed by atoms with Gasteiger partial charge in [-0.2, -0.15) is 0 Å². The molecule has 2 N–H and O–H groups in total. The molecule has 16 heavy (non-hydrogen) atoms. The zero-order valence-corrected chi connectivity index (χ0v) is 9.61. The molecule has 0 amide bonds. The monoisotopic (exact) mass is 222 g/mol. The third-order valence-corrected chi connectivity index (χ3v) is 2.88. The Morgan fingerprint density at radius 1 is 1.38 bits per heavy atom. The fraction of sp³-hybridized carbons (Fsp3) is 0.500. The first-order chi connectivity index (χ1) is 7.86. The number of rotatable bonds is 3. The third-order valence-electron chi connectivity index (χ3n) is 2.88. The average Bonchev–Trinajstić information content (AvgIpc) is 2.38. The van der Waals surface area contributed by atoms with Gasteiger partial charge in [-0.1, -0.05) is 6.07 Å². The Balaban J connectivity index is 2.30. The van der Waals surface area contributed by atoms with Crippen molar-refractivity contribution in [2.45, 2.75) is 6.54 Å². The quantitative estimate of drug-likeness (QED) is 0.828. The van der Waals surface area contributed by atoms with Gasteiger partial charge in [-0.3, -0.25) is 0 Å². The van der Waals surface area contributed by atoms with Crippen LogP contribution in [0, 0.1) is 0 Å². The summed E-state index contributed by atoms with van der Waals surface area (Å²) in [6.07, 6.45) is 0. The van der Waals surface area contributed by atoms with Crippen LogP contribution in [0.5, 0.6) is 5.75 Å². The van der Waals surface area contributed by atoms with Crippen LogP contribution in [0.4, 0.5) is 5.69 Å². The molecule has 1 aromatic carbocycles. The van der Waals surface area contributed by atoms with Gasteiger partial charge in [0.15, 0.2) is 0 Å². The first-order valence-corrected chi connectivity index (χ1v) is 5.55. The van der Waals surface area contributed by atoms with Crippen molar-refractivity contribution in [3.8, 4) is 5.75 Å². The van der Waals surface area contributed by atoms with Gasteiger partial charge in [0.2, 0.25) is 0 Å². The van der Waals surface area contributed by atoms with Crippen LogP contribution in [-0.2, 0) is 11.3 Å². The minimum Gasteiger partial charge on any atom is -0.496 e. The van der Waals surface area contributed by atoms with Gasteiger partial charge < -0.3 is 20.1 Å². The highest BCUT2D eigenvalue weighted by Crippen LogP contribution is 2.29. The van der Waals surface area contributed by atoms with E-state index >= 15 is 0 Å². The lowest BCUT2D eigenvalue weighted by Gasteiger charge is -2.31. The molecule has 1 aliphatic heterocycles. The van der Waals surface area contributed by atoms with Gasteiger partial charge in [-0.25, -0.2) is 0 Å². The smallest absolute Gasteiger partial charge is 0.125 e. The highest BCUT2D eigenvalue weighted by atomic mass is 16.5. The number of hydrogen-bond donors (Lipinski definition) is 1. The van der Waals surface area contributed by atoms with E-state index in [1.807, 2.05) is 12.1 Å². The second-order valence-electron chi connectivity index (χ2n) is 3.76. The Hall–Kier alpha value is -1.26. The van der Waals surface area contributed by atoms with Crippen molar-refractivity contribution in [2.75, 3.05) is 38.3 Å². The normalized spacial score (nSPS) is 16.2. The summed E-state index contributed by atoms with van der Waals surface area (Å²) in [6.45, 7) is 3.89. The van der Waals surface area contributed by atoms with Crippen LogP contribution in [-0.4, -0.2) is 33.4 Å². The standard InChI is InChI=1S/C12H18N2O2/c1-15-12-4-2-3-11(10(12)9-13)14-5-7-16-8-6-14/h2-4H,5-9,13H2,1H3. The molecule has 1 fully saturated rings. The number of methoxy groups -OCH3 is 1. The van der Waals surface area contributed by atoms with E-state index in [9.17, 15) is 0 Å². The lowest BCUT2D eigenvalue weighted by molar-refractivity contribution is 0.122. The number of nitrogens with zero attached hydrogens (tertiary/aromatic N) is 1. The summed E-state index contributed by atoms with van der Waals surface area (Å²) < 4.78 is 10.7. The highest BCUT2D eigenvalue weighted by molar-refractivity contribution is 5.59. The van der Waals surface area contributed by atoms with Gasteiger partial charge in [0.25, 0.3) is 0 Å². The lowest BCUT2D eigenvalue weighted by atomic mass is 10.1. The van der Waals surface area contributed by atoms with Gasteiger partial charge in [-0.05, 0) is 12.1 Å². The predicted molar refractivity (Wildman–Crippen MR) is 63.9 cm³/mol. The van der Waals surface area contributed by atoms with E-state index < -0.39 is 0 Å². The van der Waals surface area contributed by atoms with Crippen molar-refractivity contribution in [3.63, 3.8) is 0 Å². The summed E-state index contributed by atoms with van der Waals surface area (Å²) in [5.74, 6) is 0.867. The van der Waals surface area contributed by atoms with Crippen LogP contribution in [0.2, 0.25) is 0 Å². The molecule has 4 heteroatoms. The molecular weight excluding hydrogens is 204 g/mol. The van der Waals surface area contributed by atoms with Crippen molar-refractivity contribution < 1.29 is 9.47 Å². The summed E-state index contributed by atoms with van der Waals surface area (Å²) in [4.78, 5) is 2.30. The summed E-state index contributed by atoms with van der Waals surface area (Å²) in [5.41, 5.74) is 8.04. The average molecular weight is 222 g/mol. The molecule has 0 aromatic heterocycles. The van der Waals surface area contributed by atoms with Gasteiger partial charge in [0, 0.05) is 30.9 Å². The van der Waals surface area contributed by atoms with E-state index in [0.717, 1.165) is 37.6 Å². The fourth-order valence-electron chi connectivity index (χ4n) is 2.05. The van der Waals surface area contributed by atoms with E-state index in [1.54, 1.807) is 7.11 Å². The van der Waals surface area contributed by atoms with Gasteiger partial charge in [-0.15, -0.1) is 0 Å². The predicted octanol–water partition coefficient (Wildman–Crippen LogP) is 0.990. The maximum absolute atomic E-state index is 5.80. The maximum atomic E-state index is 5.80. The van der Waals surface area contributed by atoms with E-state index in [2.05, 4.69) is 11.0 Å². The van der Waals surface area contributed by atoms with E-state index in [-0.39, 0.29) is 0 Å². The molecular formula is C12H18N2O2. The van der Waals surface area contributed by atoms with Crippen molar-refractivity contribution in [3.05, 3.63) is 23.8 Å². The zero-order valence-electron chi connectivity index (χ0n) is 9.61.